The first-order chi connectivity index (χ1) is 9.99. The number of aryl methyl sites for hydroxylation is 1. The summed E-state index contributed by atoms with van der Waals surface area (Å²) in [7, 11) is 0. The zero-order chi connectivity index (χ0) is 15.0. The van der Waals surface area contributed by atoms with Crippen LogP contribution in [0.4, 0.5) is 13.2 Å². The molecule has 0 atom stereocenters. The first-order valence-electron chi connectivity index (χ1n) is 6.12. The summed E-state index contributed by atoms with van der Waals surface area (Å²) in [6, 6.07) is 0.905. The van der Waals surface area contributed by atoms with Gasteiger partial charge in [-0.1, -0.05) is 6.92 Å². The molecule has 0 amide bonds. The lowest BCUT2D eigenvalue weighted by Crippen LogP contribution is -2.04. The summed E-state index contributed by atoms with van der Waals surface area (Å²) in [6.45, 7) is 1.91. The Bertz CT molecular complexity index is 797. The van der Waals surface area contributed by atoms with Crippen molar-refractivity contribution in [1.82, 2.24) is 19.9 Å². The molecular formula is C13H9F3N4O. The average Bonchev–Trinajstić information content (AvgIpc) is 2.89. The monoisotopic (exact) mass is 294 g/mol. The molecule has 21 heavy (non-hydrogen) atoms. The number of hydrogen-bond acceptors (Lipinski definition) is 5. The Morgan fingerprint density at radius 2 is 2.00 bits per heavy atom. The Labute approximate surface area is 116 Å². The van der Waals surface area contributed by atoms with E-state index >= 15 is 0 Å². The van der Waals surface area contributed by atoms with Crippen LogP contribution in [0, 0.1) is 0 Å². The summed E-state index contributed by atoms with van der Waals surface area (Å²) in [5.41, 5.74) is 0.464. The van der Waals surface area contributed by atoms with E-state index in [1.54, 1.807) is 6.20 Å². The van der Waals surface area contributed by atoms with Crippen LogP contribution in [0.3, 0.4) is 0 Å². The zero-order valence-electron chi connectivity index (χ0n) is 10.8. The van der Waals surface area contributed by atoms with Crippen molar-refractivity contribution in [2.45, 2.75) is 19.5 Å². The van der Waals surface area contributed by atoms with E-state index in [4.69, 9.17) is 4.42 Å². The summed E-state index contributed by atoms with van der Waals surface area (Å²) < 4.78 is 43.3. The van der Waals surface area contributed by atoms with E-state index in [9.17, 15) is 13.2 Å². The van der Waals surface area contributed by atoms with Crippen molar-refractivity contribution in [2.75, 3.05) is 0 Å². The molecule has 0 aliphatic heterocycles. The van der Waals surface area contributed by atoms with Gasteiger partial charge in [0.25, 0.3) is 0 Å². The van der Waals surface area contributed by atoms with Crippen LogP contribution in [0.25, 0.3) is 22.8 Å². The largest absolute Gasteiger partial charge is 0.417 e. The molecule has 0 aliphatic rings. The van der Waals surface area contributed by atoms with Crippen molar-refractivity contribution in [3.8, 4) is 11.6 Å². The number of hydrogen-bond donors (Lipinski definition) is 0. The molecule has 0 radical (unpaired) electrons. The van der Waals surface area contributed by atoms with Gasteiger partial charge in [-0.3, -0.25) is 0 Å². The Hall–Kier alpha value is -2.51. The van der Waals surface area contributed by atoms with Crippen molar-refractivity contribution in [1.29, 1.82) is 0 Å². The molecule has 0 unspecified atom stereocenters. The molecule has 3 rings (SSSR count). The van der Waals surface area contributed by atoms with Gasteiger partial charge in [0.15, 0.2) is 0 Å². The topological polar surface area (TPSA) is 64.7 Å². The average molecular weight is 294 g/mol. The fraction of sp³-hybridized carbons (Fsp3) is 0.231. The number of rotatable bonds is 2. The normalized spacial score (nSPS) is 12.0. The van der Waals surface area contributed by atoms with Crippen LogP contribution in [-0.4, -0.2) is 19.9 Å². The number of aromatic nitrogens is 4. The van der Waals surface area contributed by atoms with Gasteiger partial charge < -0.3 is 4.42 Å². The number of fused-ring (bicyclic) bond motifs is 1. The standard InChI is InChI=1S/C13H9F3N4O/c1-2-7-4-17-6-19-10(7)12-20-9-3-8(13(14,15)16)5-18-11(9)21-12/h3-6H,2H2,1H3. The fourth-order valence-corrected chi connectivity index (χ4v) is 1.89. The maximum atomic E-state index is 12.6. The second kappa shape index (κ2) is 4.80. The van der Waals surface area contributed by atoms with E-state index in [-0.39, 0.29) is 17.1 Å². The lowest BCUT2D eigenvalue weighted by Gasteiger charge is -2.03. The van der Waals surface area contributed by atoms with E-state index in [2.05, 4.69) is 19.9 Å². The van der Waals surface area contributed by atoms with Gasteiger partial charge in [-0.15, -0.1) is 0 Å². The van der Waals surface area contributed by atoms with Gasteiger partial charge in [-0.2, -0.15) is 13.2 Å². The molecule has 8 heteroatoms. The highest BCUT2D eigenvalue weighted by Gasteiger charge is 2.31. The molecule has 5 nitrogen and oxygen atoms in total. The van der Waals surface area contributed by atoms with E-state index in [1.807, 2.05) is 6.92 Å². The van der Waals surface area contributed by atoms with Crippen molar-refractivity contribution in [3.05, 3.63) is 35.9 Å². The molecule has 0 saturated carbocycles. The lowest BCUT2D eigenvalue weighted by atomic mass is 10.2. The van der Waals surface area contributed by atoms with Crippen LogP contribution in [0.5, 0.6) is 0 Å². The molecule has 3 heterocycles. The molecular weight excluding hydrogens is 285 g/mol. The van der Waals surface area contributed by atoms with Gasteiger partial charge >= 0.3 is 6.18 Å². The second-order valence-corrected chi connectivity index (χ2v) is 4.32. The summed E-state index contributed by atoms with van der Waals surface area (Å²) in [4.78, 5) is 15.7. The predicted octanol–water partition coefficient (Wildman–Crippen LogP) is 3.26. The van der Waals surface area contributed by atoms with E-state index in [1.165, 1.54) is 6.33 Å². The van der Waals surface area contributed by atoms with Gasteiger partial charge in [-0.25, -0.2) is 19.9 Å². The van der Waals surface area contributed by atoms with Crippen LogP contribution in [0.15, 0.2) is 29.2 Å². The smallest absolute Gasteiger partial charge is 0.416 e. The van der Waals surface area contributed by atoms with Crippen LogP contribution in [-0.2, 0) is 12.6 Å². The Balaban J connectivity index is 2.13. The molecule has 0 spiro atoms. The molecule has 0 aliphatic carbocycles. The maximum absolute atomic E-state index is 12.6. The minimum Gasteiger partial charge on any atom is -0.416 e. The zero-order valence-corrected chi connectivity index (χ0v) is 10.8. The number of oxazole rings is 1. The van der Waals surface area contributed by atoms with Crippen molar-refractivity contribution in [2.24, 2.45) is 0 Å². The number of halogens is 3. The summed E-state index contributed by atoms with van der Waals surface area (Å²) >= 11 is 0. The van der Waals surface area contributed by atoms with E-state index in [0.717, 1.165) is 17.8 Å². The highest BCUT2D eigenvalue weighted by molar-refractivity contribution is 5.73. The number of nitrogens with zero attached hydrogens (tertiary/aromatic N) is 4. The first kappa shape index (κ1) is 13.5. The minimum absolute atomic E-state index is 0.0404. The molecule has 0 N–H and O–H groups in total. The second-order valence-electron chi connectivity index (χ2n) is 4.32. The van der Waals surface area contributed by atoms with E-state index in [0.29, 0.717) is 12.1 Å². The van der Waals surface area contributed by atoms with Gasteiger partial charge in [0.05, 0.1) is 5.56 Å². The van der Waals surface area contributed by atoms with Crippen molar-refractivity contribution >= 4 is 11.2 Å². The molecule has 0 bridgehead atoms. The SMILES string of the molecule is CCc1cncnc1-c1nc2cc(C(F)(F)F)cnc2o1. The number of alkyl halides is 3. The molecule has 3 aromatic heterocycles. The highest BCUT2D eigenvalue weighted by atomic mass is 19.4. The Morgan fingerprint density at radius 1 is 1.19 bits per heavy atom. The van der Waals surface area contributed by atoms with Gasteiger partial charge in [-0.05, 0) is 12.5 Å². The summed E-state index contributed by atoms with van der Waals surface area (Å²) in [5.74, 6) is 0.135. The van der Waals surface area contributed by atoms with Gasteiger partial charge in [0.2, 0.25) is 11.6 Å². The maximum Gasteiger partial charge on any atom is 0.417 e. The molecule has 108 valence electrons. The lowest BCUT2D eigenvalue weighted by molar-refractivity contribution is -0.137. The Morgan fingerprint density at radius 3 is 2.71 bits per heavy atom. The van der Waals surface area contributed by atoms with E-state index < -0.39 is 11.7 Å². The molecule has 0 fully saturated rings. The van der Waals surface area contributed by atoms with Gasteiger partial charge in [0, 0.05) is 18.0 Å². The fourth-order valence-electron chi connectivity index (χ4n) is 1.89. The third kappa shape index (κ3) is 2.44. The summed E-state index contributed by atoms with van der Waals surface area (Å²) in [6.07, 6.45) is -0.151. The first-order valence-corrected chi connectivity index (χ1v) is 6.12. The molecule has 0 aromatic carbocycles. The van der Waals surface area contributed by atoms with Crippen molar-refractivity contribution in [3.63, 3.8) is 0 Å². The summed E-state index contributed by atoms with van der Waals surface area (Å²) in [5, 5.41) is 0. The van der Waals surface area contributed by atoms with Crippen LogP contribution in [0.2, 0.25) is 0 Å². The molecule has 0 saturated heterocycles. The molecule has 3 aromatic rings. The van der Waals surface area contributed by atoms with Crippen LogP contribution in [0.1, 0.15) is 18.1 Å². The van der Waals surface area contributed by atoms with Crippen LogP contribution >= 0.6 is 0 Å². The highest BCUT2D eigenvalue weighted by Crippen LogP contribution is 2.31. The third-order valence-electron chi connectivity index (χ3n) is 2.95. The van der Waals surface area contributed by atoms with Gasteiger partial charge in [0.1, 0.15) is 17.5 Å². The third-order valence-corrected chi connectivity index (χ3v) is 2.95. The quantitative estimate of drug-likeness (QED) is 0.725. The predicted molar refractivity (Wildman–Crippen MR) is 67.2 cm³/mol. The van der Waals surface area contributed by atoms with Crippen LogP contribution < -0.4 is 0 Å². The minimum atomic E-state index is -4.47. The number of pyridine rings is 1. The Kier molecular flexibility index (Phi) is 3.08. The van der Waals surface area contributed by atoms with Crippen molar-refractivity contribution < 1.29 is 17.6 Å².